The van der Waals surface area contributed by atoms with Crippen LogP contribution in [-0.2, 0) is 16.6 Å². The lowest BCUT2D eigenvalue weighted by atomic mass is 10.1. The molecule has 0 saturated carbocycles. The summed E-state index contributed by atoms with van der Waals surface area (Å²) in [6, 6.07) is 15.0. The molecule has 0 aliphatic rings. The SMILES string of the molecule is CC(=O)Nc1ccc(NC(=O)CSc2nnc(-c3cccc(C)c3)n2C)cc1. The van der Waals surface area contributed by atoms with E-state index in [0.29, 0.717) is 16.5 Å². The monoisotopic (exact) mass is 395 g/mol. The van der Waals surface area contributed by atoms with Crippen molar-refractivity contribution < 1.29 is 9.59 Å². The number of benzene rings is 2. The number of carbonyl (C=O) groups is 2. The van der Waals surface area contributed by atoms with E-state index in [4.69, 9.17) is 0 Å². The molecule has 0 spiro atoms. The fourth-order valence-electron chi connectivity index (χ4n) is 2.64. The van der Waals surface area contributed by atoms with Gasteiger partial charge in [-0.05, 0) is 37.3 Å². The van der Waals surface area contributed by atoms with Crippen LogP contribution in [0.25, 0.3) is 11.4 Å². The minimum absolute atomic E-state index is 0.137. The van der Waals surface area contributed by atoms with E-state index >= 15 is 0 Å². The standard InChI is InChI=1S/C20H21N5O2S/c1-13-5-4-6-15(11-13)19-23-24-20(25(19)3)28-12-18(27)22-17-9-7-16(8-10-17)21-14(2)26/h4-11H,12H2,1-3H3,(H,21,26)(H,22,27). The van der Waals surface area contributed by atoms with E-state index in [1.807, 2.05) is 36.7 Å². The van der Waals surface area contributed by atoms with Crippen LogP contribution in [0.15, 0.2) is 53.7 Å². The fraction of sp³-hybridized carbons (Fsp3) is 0.200. The first-order valence-corrected chi connectivity index (χ1v) is 9.67. The number of amides is 2. The average Bonchev–Trinajstić information content (AvgIpc) is 3.02. The van der Waals surface area contributed by atoms with Crippen molar-refractivity contribution in [3.05, 3.63) is 54.1 Å². The Labute approximate surface area is 167 Å². The average molecular weight is 395 g/mol. The molecule has 2 amide bonds. The third-order valence-corrected chi connectivity index (χ3v) is 4.95. The predicted octanol–water partition coefficient (Wildman–Crippen LogP) is 3.48. The van der Waals surface area contributed by atoms with Gasteiger partial charge in [-0.3, -0.25) is 9.59 Å². The fourth-order valence-corrected chi connectivity index (χ4v) is 3.35. The molecule has 2 N–H and O–H groups in total. The Hall–Kier alpha value is -3.13. The molecule has 3 aromatic rings. The van der Waals surface area contributed by atoms with E-state index in [0.717, 1.165) is 17.0 Å². The summed E-state index contributed by atoms with van der Waals surface area (Å²) >= 11 is 1.33. The van der Waals surface area contributed by atoms with E-state index < -0.39 is 0 Å². The van der Waals surface area contributed by atoms with Crippen molar-refractivity contribution in [3.63, 3.8) is 0 Å². The first kappa shape index (κ1) is 19.6. The highest BCUT2D eigenvalue weighted by atomic mass is 32.2. The largest absolute Gasteiger partial charge is 0.326 e. The number of rotatable bonds is 6. The van der Waals surface area contributed by atoms with Crippen molar-refractivity contribution in [3.8, 4) is 11.4 Å². The number of aromatic nitrogens is 3. The predicted molar refractivity (Wildman–Crippen MR) is 111 cm³/mol. The van der Waals surface area contributed by atoms with Gasteiger partial charge >= 0.3 is 0 Å². The zero-order valence-corrected chi connectivity index (χ0v) is 16.7. The lowest BCUT2D eigenvalue weighted by molar-refractivity contribution is -0.114. The molecular formula is C20H21N5O2S. The van der Waals surface area contributed by atoms with Gasteiger partial charge in [-0.25, -0.2) is 0 Å². The smallest absolute Gasteiger partial charge is 0.234 e. The molecule has 1 heterocycles. The van der Waals surface area contributed by atoms with Crippen LogP contribution in [0, 0.1) is 6.92 Å². The Morgan fingerprint density at radius 1 is 1.04 bits per heavy atom. The molecule has 0 aliphatic heterocycles. The Balaban J connectivity index is 1.58. The van der Waals surface area contributed by atoms with Gasteiger partial charge in [0, 0.05) is 30.9 Å². The summed E-state index contributed by atoms with van der Waals surface area (Å²) in [7, 11) is 1.89. The van der Waals surface area contributed by atoms with Crippen molar-refractivity contribution in [2.24, 2.45) is 7.05 Å². The Kier molecular flexibility index (Phi) is 6.10. The zero-order valence-electron chi connectivity index (χ0n) is 15.9. The molecular weight excluding hydrogens is 374 g/mol. The molecule has 8 heteroatoms. The van der Waals surface area contributed by atoms with Gasteiger partial charge in [-0.15, -0.1) is 10.2 Å². The number of anilines is 2. The molecule has 0 unspecified atom stereocenters. The lowest BCUT2D eigenvalue weighted by Crippen LogP contribution is -2.14. The molecule has 1 aromatic heterocycles. The van der Waals surface area contributed by atoms with Crippen molar-refractivity contribution in [1.82, 2.24) is 14.8 Å². The summed E-state index contributed by atoms with van der Waals surface area (Å²) in [4.78, 5) is 23.3. The number of nitrogens with one attached hydrogen (secondary N) is 2. The molecule has 0 saturated heterocycles. The molecule has 0 fully saturated rings. The number of thioether (sulfide) groups is 1. The molecule has 2 aromatic carbocycles. The lowest BCUT2D eigenvalue weighted by Gasteiger charge is -2.07. The van der Waals surface area contributed by atoms with Gasteiger partial charge in [0.15, 0.2) is 11.0 Å². The quantitative estimate of drug-likeness (QED) is 0.624. The van der Waals surface area contributed by atoms with E-state index in [2.05, 4.69) is 26.9 Å². The van der Waals surface area contributed by atoms with Gasteiger partial charge in [-0.1, -0.05) is 35.5 Å². The van der Waals surface area contributed by atoms with Crippen LogP contribution < -0.4 is 10.6 Å². The third kappa shape index (κ3) is 4.98. The number of carbonyl (C=O) groups excluding carboxylic acids is 2. The topological polar surface area (TPSA) is 88.9 Å². The molecule has 0 radical (unpaired) electrons. The van der Waals surface area contributed by atoms with Crippen molar-refractivity contribution >= 4 is 35.0 Å². The summed E-state index contributed by atoms with van der Waals surface area (Å²) in [6.45, 7) is 3.48. The third-order valence-electron chi connectivity index (χ3n) is 3.93. The van der Waals surface area contributed by atoms with Crippen LogP contribution in [0.4, 0.5) is 11.4 Å². The van der Waals surface area contributed by atoms with E-state index in [1.54, 1.807) is 24.3 Å². The highest BCUT2D eigenvalue weighted by Crippen LogP contribution is 2.23. The zero-order chi connectivity index (χ0) is 20.1. The van der Waals surface area contributed by atoms with Crippen LogP contribution in [0.3, 0.4) is 0 Å². The number of aryl methyl sites for hydroxylation is 1. The summed E-state index contributed by atoms with van der Waals surface area (Å²) in [5, 5.41) is 14.6. The van der Waals surface area contributed by atoms with Gasteiger partial charge in [0.2, 0.25) is 11.8 Å². The van der Waals surface area contributed by atoms with E-state index in [9.17, 15) is 9.59 Å². The Bertz CT molecular complexity index is 998. The molecule has 28 heavy (non-hydrogen) atoms. The second-order valence-corrected chi connectivity index (χ2v) is 7.27. The minimum atomic E-state index is -0.141. The molecule has 7 nitrogen and oxygen atoms in total. The van der Waals surface area contributed by atoms with Gasteiger partial charge < -0.3 is 15.2 Å². The molecule has 144 valence electrons. The van der Waals surface area contributed by atoms with Crippen LogP contribution in [-0.4, -0.2) is 32.3 Å². The highest BCUT2D eigenvalue weighted by Gasteiger charge is 2.13. The summed E-state index contributed by atoms with van der Waals surface area (Å²) < 4.78 is 1.88. The first-order chi connectivity index (χ1) is 13.4. The molecule has 0 atom stereocenters. The van der Waals surface area contributed by atoms with Crippen LogP contribution >= 0.6 is 11.8 Å². The van der Waals surface area contributed by atoms with Crippen molar-refractivity contribution in [2.45, 2.75) is 19.0 Å². The summed E-state index contributed by atoms with van der Waals surface area (Å²) in [5.41, 5.74) is 3.49. The van der Waals surface area contributed by atoms with Crippen LogP contribution in [0.1, 0.15) is 12.5 Å². The Morgan fingerprint density at radius 2 is 1.71 bits per heavy atom. The second-order valence-electron chi connectivity index (χ2n) is 6.33. The van der Waals surface area contributed by atoms with Gasteiger partial charge in [0.05, 0.1) is 5.75 Å². The van der Waals surface area contributed by atoms with Crippen molar-refractivity contribution in [1.29, 1.82) is 0 Å². The molecule has 0 aliphatic carbocycles. The minimum Gasteiger partial charge on any atom is -0.326 e. The molecule has 3 rings (SSSR count). The van der Waals surface area contributed by atoms with Crippen LogP contribution in [0.5, 0.6) is 0 Å². The van der Waals surface area contributed by atoms with Gasteiger partial charge in [-0.2, -0.15) is 0 Å². The molecule has 0 bridgehead atoms. The number of hydrogen-bond donors (Lipinski definition) is 2. The van der Waals surface area contributed by atoms with Crippen molar-refractivity contribution in [2.75, 3.05) is 16.4 Å². The van der Waals surface area contributed by atoms with E-state index in [1.165, 1.54) is 18.7 Å². The van der Waals surface area contributed by atoms with Gasteiger partial charge in [0.25, 0.3) is 0 Å². The number of hydrogen-bond acceptors (Lipinski definition) is 5. The second kappa shape index (κ2) is 8.71. The maximum atomic E-state index is 12.2. The van der Waals surface area contributed by atoms with Crippen LogP contribution in [0.2, 0.25) is 0 Å². The maximum Gasteiger partial charge on any atom is 0.234 e. The first-order valence-electron chi connectivity index (χ1n) is 8.69. The summed E-state index contributed by atoms with van der Waals surface area (Å²) in [6.07, 6.45) is 0. The highest BCUT2D eigenvalue weighted by molar-refractivity contribution is 7.99. The van der Waals surface area contributed by atoms with Gasteiger partial charge in [0.1, 0.15) is 0 Å². The summed E-state index contributed by atoms with van der Waals surface area (Å²) in [5.74, 6) is 0.701. The van der Waals surface area contributed by atoms with E-state index in [-0.39, 0.29) is 17.6 Å². The Morgan fingerprint density at radius 3 is 2.36 bits per heavy atom. The maximum absolute atomic E-state index is 12.2. The normalized spacial score (nSPS) is 10.5. The number of nitrogens with zero attached hydrogens (tertiary/aromatic N) is 3.